The van der Waals surface area contributed by atoms with Gasteiger partial charge in [0.25, 0.3) is 0 Å². The van der Waals surface area contributed by atoms with E-state index in [2.05, 4.69) is 59.1 Å². The first-order valence-corrected chi connectivity index (χ1v) is 6.65. The smallest absolute Gasteiger partial charge is 0.233 e. The molecule has 17 heavy (non-hydrogen) atoms. The Bertz CT molecular complexity index is 221. The van der Waals surface area contributed by atoms with Crippen molar-refractivity contribution in [2.75, 3.05) is 13.1 Å². The summed E-state index contributed by atoms with van der Waals surface area (Å²) < 4.78 is 0. The summed E-state index contributed by atoms with van der Waals surface area (Å²) in [6.45, 7) is 16.2. The second-order valence-corrected chi connectivity index (χ2v) is 6.56. The molecular formula is C14H30N2O. The van der Waals surface area contributed by atoms with Crippen LogP contribution in [0.4, 0.5) is 0 Å². The standard InChI is InChI=1S/C14H30N2O/c1-10(2)12(11(3)4)8-15-13(17)9-16-14(5,6)7/h10-12,16H,8-9H2,1-7H3,(H,15,17). The minimum Gasteiger partial charge on any atom is -0.355 e. The van der Waals surface area contributed by atoms with Gasteiger partial charge in [-0.2, -0.15) is 0 Å². The Morgan fingerprint density at radius 2 is 1.53 bits per heavy atom. The van der Waals surface area contributed by atoms with Gasteiger partial charge in [-0.15, -0.1) is 0 Å². The van der Waals surface area contributed by atoms with Crippen LogP contribution in [0, 0.1) is 17.8 Å². The lowest BCUT2D eigenvalue weighted by Gasteiger charge is -2.26. The van der Waals surface area contributed by atoms with E-state index < -0.39 is 0 Å². The van der Waals surface area contributed by atoms with E-state index in [0.29, 0.717) is 24.3 Å². The fraction of sp³-hybridized carbons (Fsp3) is 0.929. The van der Waals surface area contributed by atoms with Crippen LogP contribution in [0.5, 0.6) is 0 Å². The van der Waals surface area contributed by atoms with Gasteiger partial charge in [0.05, 0.1) is 6.54 Å². The van der Waals surface area contributed by atoms with Gasteiger partial charge in [-0.1, -0.05) is 27.7 Å². The molecule has 0 spiro atoms. The molecule has 0 aromatic rings. The quantitative estimate of drug-likeness (QED) is 0.751. The van der Waals surface area contributed by atoms with E-state index in [0.717, 1.165) is 6.54 Å². The molecule has 0 aliphatic heterocycles. The van der Waals surface area contributed by atoms with Crippen molar-refractivity contribution in [2.24, 2.45) is 17.8 Å². The van der Waals surface area contributed by atoms with E-state index >= 15 is 0 Å². The van der Waals surface area contributed by atoms with Crippen LogP contribution in [-0.4, -0.2) is 24.5 Å². The lowest BCUT2D eigenvalue weighted by atomic mass is 9.85. The van der Waals surface area contributed by atoms with Gasteiger partial charge in [0.1, 0.15) is 0 Å². The summed E-state index contributed by atoms with van der Waals surface area (Å²) in [5.41, 5.74) is -0.00711. The fourth-order valence-corrected chi connectivity index (χ4v) is 1.88. The predicted molar refractivity (Wildman–Crippen MR) is 73.9 cm³/mol. The summed E-state index contributed by atoms with van der Waals surface area (Å²) in [5, 5.41) is 6.21. The molecule has 0 aromatic carbocycles. The van der Waals surface area contributed by atoms with Crippen molar-refractivity contribution in [3.05, 3.63) is 0 Å². The van der Waals surface area contributed by atoms with Crippen LogP contribution < -0.4 is 10.6 Å². The van der Waals surface area contributed by atoms with Gasteiger partial charge in [0, 0.05) is 12.1 Å². The van der Waals surface area contributed by atoms with Crippen molar-refractivity contribution >= 4 is 5.91 Å². The highest BCUT2D eigenvalue weighted by molar-refractivity contribution is 5.78. The maximum absolute atomic E-state index is 11.7. The third-order valence-electron chi connectivity index (χ3n) is 3.03. The van der Waals surface area contributed by atoms with Crippen LogP contribution in [0.2, 0.25) is 0 Å². The molecule has 3 heteroatoms. The van der Waals surface area contributed by atoms with E-state index in [9.17, 15) is 4.79 Å². The first kappa shape index (κ1) is 16.4. The van der Waals surface area contributed by atoms with Gasteiger partial charge in [-0.05, 0) is 38.5 Å². The fourth-order valence-electron chi connectivity index (χ4n) is 1.88. The van der Waals surface area contributed by atoms with Gasteiger partial charge in [0.2, 0.25) is 5.91 Å². The molecule has 0 radical (unpaired) electrons. The summed E-state index contributed by atoms with van der Waals surface area (Å²) in [5.74, 6) is 1.84. The Hall–Kier alpha value is -0.570. The number of amides is 1. The first-order valence-electron chi connectivity index (χ1n) is 6.65. The maximum atomic E-state index is 11.7. The molecule has 0 saturated carbocycles. The molecule has 0 aliphatic rings. The van der Waals surface area contributed by atoms with E-state index in [-0.39, 0.29) is 11.4 Å². The van der Waals surface area contributed by atoms with Crippen LogP contribution in [0.25, 0.3) is 0 Å². The largest absolute Gasteiger partial charge is 0.355 e. The van der Waals surface area contributed by atoms with Gasteiger partial charge in [-0.3, -0.25) is 4.79 Å². The number of nitrogens with one attached hydrogen (secondary N) is 2. The normalized spacial score (nSPS) is 12.6. The average molecular weight is 242 g/mol. The average Bonchev–Trinajstić information content (AvgIpc) is 2.12. The lowest BCUT2D eigenvalue weighted by Crippen LogP contribution is -2.44. The third-order valence-corrected chi connectivity index (χ3v) is 3.03. The number of carbonyl (C=O) groups is 1. The molecule has 0 bridgehead atoms. The van der Waals surface area contributed by atoms with Gasteiger partial charge in [0.15, 0.2) is 0 Å². The molecule has 0 unspecified atom stereocenters. The molecule has 0 saturated heterocycles. The molecule has 3 nitrogen and oxygen atoms in total. The van der Waals surface area contributed by atoms with Crippen LogP contribution in [0.15, 0.2) is 0 Å². The first-order chi connectivity index (χ1) is 7.63. The zero-order valence-electron chi connectivity index (χ0n) is 12.6. The number of carbonyl (C=O) groups excluding carboxylic acids is 1. The molecule has 0 aliphatic carbocycles. The molecule has 0 heterocycles. The Labute approximate surface area is 107 Å². The van der Waals surface area contributed by atoms with Gasteiger partial charge in [-0.25, -0.2) is 0 Å². The third kappa shape index (κ3) is 8.19. The van der Waals surface area contributed by atoms with Crippen molar-refractivity contribution in [1.82, 2.24) is 10.6 Å². The maximum Gasteiger partial charge on any atom is 0.233 e. The molecule has 0 aromatic heterocycles. The second-order valence-electron chi connectivity index (χ2n) is 6.56. The van der Waals surface area contributed by atoms with Crippen molar-refractivity contribution in [3.63, 3.8) is 0 Å². The highest BCUT2D eigenvalue weighted by Crippen LogP contribution is 2.19. The highest BCUT2D eigenvalue weighted by atomic mass is 16.1. The van der Waals surface area contributed by atoms with Gasteiger partial charge < -0.3 is 10.6 Å². The SMILES string of the molecule is CC(C)C(CNC(=O)CNC(C)(C)C)C(C)C. The minimum absolute atomic E-state index is 0.00711. The molecule has 0 rings (SSSR count). The summed E-state index contributed by atoms with van der Waals surface area (Å²) in [4.78, 5) is 11.7. The van der Waals surface area contributed by atoms with E-state index in [4.69, 9.17) is 0 Å². The lowest BCUT2D eigenvalue weighted by molar-refractivity contribution is -0.120. The van der Waals surface area contributed by atoms with E-state index in [1.165, 1.54) is 0 Å². The van der Waals surface area contributed by atoms with Crippen LogP contribution in [-0.2, 0) is 4.79 Å². The summed E-state index contributed by atoms with van der Waals surface area (Å²) in [6, 6.07) is 0. The number of hydrogen-bond acceptors (Lipinski definition) is 2. The van der Waals surface area contributed by atoms with E-state index in [1.54, 1.807) is 0 Å². The second kappa shape index (κ2) is 7.00. The van der Waals surface area contributed by atoms with Gasteiger partial charge >= 0.3 is 0 Å². The van der Waals surface area contributed by atoms with Crippen molar-refractivity contribution in [1.29, 1.82) is 0 Å². The molecule has 0 atom stereocenters. The number of rotatable bonds is 6. The molecule has 1 amide bonds. The summed E-state index contributed by atoms with van der Waals surface area (Å²) in [7, 11) is 0. The molecule has 0 fully saturated rings. The van der Waals surface area contributed by atoms with Crippen molar-refractivity contribution < 1.29 is 4.79 Å². The Kier molecular flexibility index (Phi) is 6.76. The monoisotopic (exact) mass is 242 g/mol. The van der Waals surface area contributed by atoms with Crippen molar-refractivity contribution in [2.45, 2.75) is 54.0 Å². The zero-order chi connectivity index (χ0) is 13.6. The van der Waals surface area contributed by atoms with Crippen LogP contribution in [0.1, 0.15) is 48.5 Å². The highest BCUT2D eigenvalue weighted by Gasteiger charge is 2.18. The Morgan fingerprint density at radius 1 is 1.06 bits per heavy atom. The molecule has 2 N–H and O–H groups in total. The van der Waals surface area contributed by atoms with Crippen LogP contribution in [0.3, 0.4) is 0 Å². The van der Waals surface area contributed by atoms with E-state index in [1.807, 2.05) is 0 Å². The topological polar surface area (TPSA) is 41.1 Å². The predicted octanol–water partition coefficient (Wildman–Crippen LogP) is 2.42. The molecule has 102 valence electrons. The van der Waals surface area contributed by atoms with Crippen molar-refractivity contribution in [3.8, 4) is 0 Å². The Morgan fingerprint density at radius 3 is 1.88 bits per heavy atom. The summed E-state index contributed by atoms with van der Waals surface area (Å²) in [6.07, 6.45) is 0. The zero-order valence-corrected chi connectivity index (χ0v) is 12.6. The molecular weight excluding hydrogens is 212 g/mol. The number of hydrogen-bond donors (Lipinski definition) is 2. The van der Waals surface area contributed by atoms with Crippen LogP contribution >= 0.6 is 0 Å². The Balaban J connectivity index is 3.97. The summed E-state index contributed by atoms with van der Waals surface area (Å²) >= 11 is 0. The minimum atomic E-state index is -0.00711.